The van der Waals surface area contributed by atoms with Gasteiger partial charge in [0.2, 0.25) is 5.91 Å². The summed E-state index contributed by atoms with van der Waals surface area (Å²) in [6, 6.07) is 0. The van der Waals surface area contributed by atoms with Crippen molar-refractivity contribution in [3.8, 4) is 0 Å². The van der Waals surface area contributed by atoms with E-state index in [4.69, 9.17) is 9.47 Å². The van der Waals surface area contributed by atoms with Crippen molar-refractivity contribution in [2.45, 2.75) is 38.2 Å². The molecule has 1 aliphatic carbocycles. The van der Waals surface area contributed by atoms with Crippen LogP contribution in [0.4, 0.5) is 0 Å². The number of carbonyl (C=O) groups excluding carboxylic acids is 1. The summed E-state index contributed by atoms with van der Waals surface area (Å²) in [6.07, 6.45) is 5.62. The highest BCUT2D eigenvalue weighted by molar-refractivity contribution is 5.80. The molecular formula is C12H21NO3. The van der Waals surface area contributed by atoms with Crippen LogP contribution in [0, 0.1) is 5.92 Å². The molecule has 1 saturated carbocycles. The van der Waals surface area contributed by atoms with E-state index in [9.17, 15) is 4.79 Å². The fraction of sp³-hybridized carbons (Fsp3) is 0.917. The molecule has 0 radical (unpaired) electrons. The van der Waals surface area contributed by atoms with Crippen molar-refractivity contribution >= 4 is 5.91 Å². The Kier molecular flexibility index (Phi) is 4.60. The third kappa shape index (κ3) is 4.10. The molecule has 1 atom stereocenters. The number of hydrogen-bond acceptors (Lipinski definition) is 3. The Morgan fingerprint density at radius 3 is 2.94 bits per heavy atom. The Morgan fingerprint density at radius 1 is 1.38 bits per heavy atom. The van der Waals surface area contributed by atoms with E-state index in [1.807, 2.05) is 0 Å². The average molecular weight is 227 g/mol. The molecule has 0 bridgehead atoms. The third-order valence-corrected chi connectivity index (χ3v) is 3.04. The molecule has 1 saturated heterocycles. The second-order valence-corrected chi connectivity index (χ2v) is 4.63. The van der Waals surface area contributed by atoms with Gasteiger partial charge in [-0.1, -0.05) is 0 Å². The molecule has 1 aliphatic heterocycles. The third-order valence-electron chi connectivity index (χ3n) is 3.04. The predicted octanol–water partition coefficient (Wildman–Crippen LogP) is 1.10. The van der Waals surface area contributed by atoms with E-state index in [-0.39, 0.29) is 5.91 Å². The molecule has 4 nitrogen and oxygen atoms in total. The first kappa shape index (κ1) is 11.9. The summed E-state index contributed by atoms with van der Waals surface area (Å²) in [7, 11) is 0. The molecule has 1 heterocycles. The predicted molar refractivity (Wildman–Crippen MR) is 60.1 cm³/mol. The molecule has 2 fully saturated rings. The Hall–Kier alpha value is -0.610. The average Bonchev–Trinajstić information content (AvgIpc) is 3.02. The summed E-state index contributed by atoms with van der Waals surface area (Å²) in [4.78, 5) is 11.3. The SMILES string of the molecule is O=C(NCCCOCC1CCCO1)C1CC1. The summed E-state index contributed by atoms with van der Waals surface area (Å²) in [5.41, 5.74) is 0. The lowest BCUT2D eigenvalue weighted by atomic mass is 10.2. The van der Waals surface area contributed by atoms with Gasteiger partial charge in [-0.15, -0.1) is 0 Å². The molecule has 0 aromatic heterocycles. The van der Waals surface area contributed by atoms with Gasteiger partial charge < -0.3 is 14.8 Å². The number of rotatable bonds is 7. The Balaban J connectivity index is 1.38. The molecule has 2 aliphatic rings. The number of ether oxygens (including phenoxy) is 2. The number of hydrogen-bond donors (Lipinski definition) is 1. The van der Waals surface area contributed by atoms with Crippen molar-refractivity contribution in [2.24, 2.45) is 5.92 Å². The van der Waals surface area contributed by atoms with Crippen LogP contribution in [0.3, 0.4) is 0 Å². The van der Waals surface area contributed by atoms with Gasteiger partial charge in [-0.2, -0.15) is 0 Å². The van der Waals surface area contributed by atoms with E-state index >= 15 is 0 Å². The van der Waals surface area contributed by atoms with Crippen molar-refractivity contribution in [3.63, 3.8) is 0 Å². The molecular weight excluding hydrogens is 206 g/mol. The Morgan fingerprint density at radius 2 is 2.25 bits per heavy atom. The van der Waals surface area contributed by atoms with Crippen LogP contribution < -0.4 is 5.32 Å². The van der Waals surface area contributed by atoms with E-state index in [0.29, 0.717) is 25.2 Å². The first-order chi connectivity index (χ1) is 7.86. The molecule has 0 spiro atoms. The summed E-state index contributed by atoms with van der Waals surface area (Å²) >= 11 is 0. The van der Waals surface area contributed by atoms with Crippen LogP contribution in [-0.2, 0) is 14.3 Å². The number of nitrogens with one attached hydrogen (secondary N) is 1. The minimum atomic E-state index is 0.221. The van der Waals surface area contributed by atoms with Crippen LogP contribution >= 0.6 is 0 Å². The summed E-state index contributed by atoms with van der Waals surface area (Å²) in [6.45, 7) is 3.04. The van der Waals surface area contributed by atoms with Crippen molar-refractivity contribution in [2.75, 3.05) is 26.4 Å². The van der Waals surface area contributed by atoms with Gasteiger partial charge >= 0.3 is 0 Å². The highest BCUT2D eigenvalue weighted by Gasteiger charge is 2.28. The van der Waals surface area contributed by atoms with Crippen molar-refractivity contribution in [3.05, 3.63) is 0 Å². The van der Waals surface area contributed by atoms with Gasteiger partial charge in [0.05, 0.1) is 12.7 Å². The fourth-order valence-electron chi connectivity index (χ4n) is 1.87. The van der Waals surface area contributed by atoms with Crippen LogP contribution in [0.15, 0.2) is 0 Å². The van der Waals surface area contributed by atoms with Crippen LogP contribution in [-0.4, -0.2) is 38.4 Å². The van der Waals surface area contributed by atoms with Gasteiger partial charge in [0, 0.05) is 25.7 Å². The minimum Gasteiger partial charge on any atom is -0.379 e. The monoisotopic (exact) mass is 227 g/mol. The molecule has 92 valence electrons. The zero-order valence-corrected chi connectivity index (χ0v) is 9.74. The van der Waals surface area contributed by atoms with Crippen LogP contribution in [0.2, 0.25) is 0 Å². The van der Waals surface area contributed by atoms with E-state index in [1.165, 1.54) is 0 Å². The normalized spacial score (nSPS) is 24.6. The highest BCUT2D eigenvalue weighted by atomic mass is 16.5. The zero-order valence-electron chi connectivity index (χ0n) is 9.74. The van der Waals surface area contributed by atoms with Gasteiger partial charge in [0.1, 0.15) is 0 Å². The molecule has 1 amide bonds. The molecule has 1 unspecified atom stereocenters. The maximum absolute atomic E-state index is 11.3. The number of carbonyl (C=O) groups is 1. The van der Waals surface area contributed by atoms with Gasteiger partial charge in [-0.3, -0.25) is 4.79 Å². The Bertz CT molecular complexity index is 222. The quantitative estimate of drug-likeness (QED) is 0.662. The molecule has 16 heavy (non-hydrogen) atoms. The Labute approximate surface area is 96.7 Å². The van der Waals surface area contributed by atoms with E-state index in [2.05, 4.69) is 5.32 Å². The van der Waals surface area contributed by atoms with Gasteiger partial charge in [-0.25, -0.2) is 0 Å². The lowest BCUT2D eigenvalue weighted by Gasteiger charge is -2.10. The van der Waals surface area contributed by atoms with E-state index in [0.717, 1.165) is 45.3 Å². The molecule has 0 aromatic rings. The van der Waals surface area contributed by atoms with Crippen LogP contribution in [0.25, 0.3) is 0 Å². The van der Waals surface area contributed by atoms with Gasteiger partial charge in [0.25, 0.3) is 0 Å². The van der Waals surface area contributed by atoms with E-state index in [1.54, 1.807) is 0 Å². The van der Waals surface area contributed by atoms with Crippen molar-refractivity contribution in [1.82, 2.24) is 5.32 Å². The maximum atomic E-state index is 11.3. The van der Waals surface area contributed by atoms with Crippen molar-refractivity contribution < 1.29 is 14.3 Å². The first-order valence-corrected chi connectivity index (χ1v) is 6.33. The van der Waals surface area contributed by atoms with Crippen molar-refractivity contribution in [1.29, 1.82) is 0 Å². The summed E-state index contributed by atoms with van der Waals surface area (Å²) < 4.78 is 10.9. The lowest BCUT2D eigenvalue weighted by molar-refractivity contribution is -0.122. The molecule has 4 heteroatoms. The largest absolute Gasteiger partial charge is 0.379 e. The number of amides is 1. The standard InChI is InChI=1S/C12H21NO3/c14-12(10-4-5-10)13-6-2-7-15-9-11-3-1-8-16-11/h10-11H,1-9H2,(H,13,14). The van der Waals surface area contributed by atoms with Crippen LogP contribution in [0.5, 0.6) is 0 Å². The van der Waals surface area contributed by atoms with Gasteiger partial charge in [0.15, 0.2) is 0 Å². The summed E-state index contributed by atoms with van der Waals surface area (Å²) in [5, 5.41) is 2.92. The highest BCUT2D eigenvalue weighted by Crippen LogP contribution is 2.28. The summed E-state index contributed by atoms with van der Waals surface area (Å²) in [5.74, 6) is 0.534. The second-order valence-electron chi connectivity index (χ2n) is 4.63. The fourth-order valence-corrected chi connectivity index (χ4v) is 1.87. The smallest absolute Gasteiger partial charge is 0.223 e. The second kappa shape index (κ2) is 6.21. The van der Waals surface area contributed by atoms with Gasteiger partial charge in [-0.05, 0) is 32.1 Å². The minimum absolute atomic E-state index is 0.221. The van der Waals surface area contributed by atoms with Crippen LogP contribution in [0.1, 0.15) is 32.1 Å². The lowest BCUT2D eigenvalue weighted by Crippen LogP contribution is -2.26. The molecule has 2 rings (SSSR count). The molecule has 1 N–H and O–H groups in total. The topological polar surface area (TPSA) is 47.6 Å². The van der Waals surface area contributed by atoms with E-state index < -0.39 is 0 Å². The maximum Gasteiger partial charge on any atom is 0.223 e. The molecule has 0 aromatic carbocycles. The first-order valence-electron chi connectivity index (χ1n) is 6.33. The zero-order chi connectivity index (χ0) is 11.2.